The van der Waals surface area contributed by atoms with Crippen molar-refractivity contribution in [1.82, 2.24) is 10.4 Å². The number of aryl methyl sites for hydroxylation is 1. The highest BCUT2D eigenvalue weighted by atomic mass is 16.5. The highest BCUT2D eigenvalue weighted by Crippen LogP contribution is 2.13. The molecule has 2 aromatic rings. The molecule has 1 heterocycles. The largest absolute Gasteiger partial charge is 0.481 e. The van der Waals surface area contributed by atoms with Gasteiger partial charge in [-0.25, -0.2) is 4.98 Å². The maximum absolute atomic E-state index is 5.68. The molecule has 1 aromatic heterocycles. The molecule has 1 atom stereocenters. The summed E-state index contributed by atoms with van der Waals surface area (Å²) >= 11 is 0. The number of hydrazine groups is 1. The van der Waals surface area contributed by atoms with E-state index in [1.807, 2.05) is 18.3 Å². The fourth-order valence-corrected chi connectivity index (χ4v) is 2.23. The second-order valence-electron chi connectivity index (χ2n) is 4.91. The van der Waals surface area contributed by atoms with Crippen LogP contribution in [0.3, 0.4) is 0 Å². The zero-order chi connectivity index (χ0) is 14.4. The first kappa shape index (κ1) is 14.5. The molecule has 0 amide bonds. The molecule has 1 aromatic carbocycles. The van der Waals surface area contributed by atoms with Gasteiger partial charge in [0, 0.05) is 18.3 Å². The molecular formula is C16H21N3O. The van der Waals surface area contributed by atoms with Gasteiger partial charge in [-0.1, -0.05) is 30.3 Å². The molecule has 0 fully saturated rings. The van der Waals surface area contributed by atoms with Gasteiger partial charge in [-0.15, -0.1) is 0 Å². The van der Waals surface area contributed by atoms with E-state index in [1.165, 1.54) is 11.1 Å². The minimum atomic E-state index is 0.186. The van der Waals surface area contributed by atoms with Crippen molar-refractivity contribution in [3.63, 3.8) is 0 Å². The minimum absolute atomic E-state index is 0.186. The van der Waals surface area contributed by atoms with Gasteiger partial charge in [-0.2, -0.15) is 0 Å². The van der Waals surface area contributed by atoms with Gasteiger partial charge in [-0.05, 0) is 36.5 Å². The predicted octanol–water partition coefficient (Wildman–Crippen LogP) is 2.02. The number of hydrogen-bond donors (Lipinski definition) is 2. The molecule has 4 heteroatoms. The summed E-state index contributed by atoms with van der Waals surface area (Å²) in [7, 11) is 1.62. The van der Waals surface area contributed by atoms with Crippen molar-refractivity contribution >= 4 is 0 Å². The van der Waals surface area contributed by atoms with Crippen LogP contribution in [0.1, 0.15) is 16.7 Å². The van der Waals surface area contributed by atoms with Gasteiger partial charge in [0.1, 0.15) is 0 Å². The van der Waals surface area contributed by atoms with Crippen LogP contribution in [0.25, 0.3) is 0 Å². The summed E-state index contributed by atoms with van der Waals surface area (Å²) in [5.41, 5.74) is 6.65. The topological polar surface area (TPSA) is 60.2 Å². The quantitative estimate of drug-likeness (QED) is 0.623. The van der Waals surface area contributed by atoms with E-state index in [0.717, 1.165) is 18.4 Å². The Morgan fingerprint density at radius 1 is 1.20 bits per heavy atom. The van der Waals surface area contributed by atoms with Crippen molar-refractivity contribution < 1.29 is 4.74 Å². The van der Waals surface area contributed by atoms with Crippen LogP contribution in [0.4, 0.5) is 0 Å². The Morgan fingerprint density at radius 3 is 2.60 bits per heavy atom. The van der Waals surface area contributed by atoms with Crippen LogP contribution >= 0.6 is 0 Å². The molecule has 4 nitrogen and oxygen atoms in total. The molecule has 0 saturated heterocycles. The number of methoxy groups -OCH3 is 1. The smallest absolute Gasteiger partial charge is 0.212 e. The SMILES string of the molecule is COc1ccc(CC(Cc2ccccc2C)NN)cn1. The van der Waals surface area contributed by atoms with Gasteiger partial charge >= 0.3 is 0 Å². The third-order valence-electron chi connectivity index (χ3n) is 3.45. The molecule has 0 bridgehead atoms. The average molecular weight is 271 g/mol. The lowest BCUT2D eigenvalue weighted by molar-refractivity contribution is 0.397. The number of nitrogens with two attached hydrogens (primary N) is 1. The van der Waals surface area contributed by atoms with Crippen molar-refractivity contribution in [1.29, 1.82) is 0 Å². The summed E-state index contributed by atoms with van der Waals surface area (Å²) < 4.78 is 5.06. The zero-order valence-corrected chi connectivity index (χ0v) is 12.0. The maximum atomic E-state index is 5.68. The lowest BCUT2D eigenvalue weighted by Gasteiger charge is -2.17. The Morgan fingerprint density at radius 2 is 2.00 bits per heavy atom. The maximum Gasteiger partial charge on any atom is 0.212 e. The molecule has 1 unspecified atom stereocenters. The van der Waals surface area contributed by atoms with E-state index in [2.05, 4.69) is 41.6 Å². The molecule has 0 radical (unpaired) electrons. The van der Waals surface area contributed by atoms with Gasteiger partial charge in [-0.3, -0.25) is 11.3 Å². The molecule has 3 N–H and O–H groups in total. The Labute approximate surface area is 120 Å². The fourth-order valence-electron chi connectivity index (χ4n) is 2.23. The molecule has 106 valence electrons. The number of hydrogen-bond acceptors (Lipinski definition) is 4. The van der Waals surface area contributed by atoms with E-state index < -0.39 is 0 Å². The normalized spacial score (nSPS) is 12.2. The number of pyridine rings is 1. The van der Waals surface area contributed by atoms with E-state index >= 15 is 0 Å². The van der Waals surface area contributed by atoms with Gasteiger partial charge in [0.15, 0.2) is 0 Å². The molecule has 0 saturated carbocycles. The summed E-state index contributed by atoms with van der Waals surface area (Å²) in [5.74, 6) is 6.31. The van der Waals surface area contributed by atoms with Crippen LogP contribution in [0.5, 0.6) is 5.88 Å². The predicted molar refractivity (Wildman–Crippen MR) is 80.5 cm³/mol. The highest BCUT2D eigenvalue weighted by Gasteiger charge is 2.10. The van der Waals surface area contributed by atoms with E-state index in [4.69, 9.17) is 10.6 Å². The van der Waals surface area contributed by atoms with E-state index in [-0.39, 0.29) is 6.04 Å². The summed E-state index contributed by atoms with van der Waals surface area (Å²) in [4.78, 5) is 4.22. The molecule has 0 spiro atoms. The molecular weight excluding hydrogens is 250 g/mol. The minimum Gasteiger partial charge on any atom is -0.481 e. The first-order valence-corrected chi connectivity index (χ1v) is 6.72. The van der Waals surface area contributed by atoms with Crippen molar-refractivity contribution in [2.75, 3.05) is 7.11 Å². The highest BCUT2D eigenvalue weighted by molar-refractivity contribution is 5.27. The van der Waals surface area contributed by atoms with Crippen LogP contribution in [-0.4, -0.2) is 18.1 Å². The number of benzene rings is 1. The number of ether oxygens (including phenoxy) is 1. The van der Waals surface area contributed by atoms with Gasteiger partial charge in [0.25, 0.3) is 0 Å². The lowest BCUT2D eigenvalue weighted by atomic mass is 9.97. The fraction of sp³-hybridized carbons (Fsp3) is 0.312. The Bertz CT molecular complexity index is 540. The van der Waals surface area contributed by atoms with Gasteiger partial charge < -0.3 is 4.74 Å². The van der Waals surface area contributed by atoms with Crippen LogP contribution in [0.2, 0.25) is 0 Å². The van der Waals surface area contributed by atoms with Crippen LogP contribution < -0.4 is 16.0 Å². The second-order valence-corrected chi connectivity index (χ2v) is 4.91. The monoisotopic (exact) mass is 271 g/mol. The Hall–Kier alpha value is -1.91. The van der Waals surface area contributed by atoms with E-state index in [0.29, 0.717) is 5.88 Å². The Kier molecular flexibility index (Phi) is 5.09. The third-order valence-corrected chi connectivity index (χ3v) is 3.45. The van der Waals surface area contributed by atoms with Crippen LogP contribution in [-0.2, 0) is 12.8 Å². The van der Waals surface area contributed by atoms with Gasteiger partial charge in [0.2, 0.25) is 5.88 Å². The van der Waals surface area contributed by atoms with Crippen LogP contribution in [0, 0.1) is 6.92 Å². The standard InChI is InChI=1S/C16H21N3O/c1-12-5-3-4-6-14(12)10-15(19-17)9-13-7-8-16(20-2)18-11-13/h3-8,11,15,19H,9-10,17H2,1-2H3. The third kappa shape index (κ3) is 3.79. The van der Waals surface area contributed by atoms with Crippen molar-refractivity contribution in [3.05, 3.63) is 59.3 Å². The summed E-state index contributed by atoms with van der Waals surface area (Å²) in [5, 5.41) is 0. The van der Waals surface area contributed by atoms with Gasteiger partial charge in [0.05, 0.1) is 7.11 Å². The number of aromatic nitrogens is 1. The zero-order valence-electron chi connectivity index (χ0n) is 12.0. The molecule has 2 rings (SSSR count). The van der Waals surface area contributed by atoms with Crippen molar-refractivity contribution in [2.24, 2.45) is 5.84 Å². The van der Waals surface area contributed by atoms with Crippen LogP contribution in [0.15, 0.2) is 42.6 Å². The second kappa shape index (κ2) is 7.03. The van der Waals surface area contributed by atoms with Crippen molar-refractivity contribution in [3.8, 4) is 5.88 Å². The molecule has 0 aliphatic rings. The number of nitrogens with one attached hydrogen (secondary N) is 1. The number of nitrogens with zero attached hydrogens (tertiary/aromatic N) is 1. The van der Waals surface area contributed by atoms with E-state index in [9.17, 15) is 0 Å². The first-order chi connectivity index (χ1) is 9.72. The van der Waals surface area contributed by atoms with E-state index in [1.54, 1.807) is 7.11 Å². The average Bonchev–Trinajstić information content (AvgIpc) is 2.49. The summed E-state index contributed by atoms with van der Waals surface area (Å²) in [6, 6.07) is 12.5. The molecule has 0 aliphatic carbocycles. The number of rotatable bonds is 6. The molecule has 0 aliphatic heterocycles. The van der Waals surface area contributed by atoms with Crippen molar-refractivity contribution in [2.45, 2.75) is 25.8 Å². The molecule has 20 heavy (non-hydrogen) atoms. The Balaban J connectivity index is 2.03. The first-order valence-electron chi connectivity index (χ1n) is 6.72. The lowest BCUT2D eigenvalue weighted by Crippen LogP contribution is -2.38. The summed E-state index contributed by atoms with van der Waals surface area (Å²) in [6.45, 7) is 2.12. The summed E-state index contributed by atoms with van der Waals surface area (Å²) in [6.07, 6.45) is 3.57.